The Kier molecular flexibility index (Phi) is 5.45. The van der Waals surface area contributed by atoms with Gasteiger partial charge in [-0.1, -0.05) is 6.42 Å². The summed E-state index contributed by atoms with van der Waals surface area (Å²) in [5.74, 6) is -0.352. The molecule has 2 heterocycles. The summed E-state index contributed by atoms with van der Waals surface area (Å²) in [5, 5.41) is 12.2. The van der Waals surface area contributed by atoms with Crippen LogP contribution < -0.4 is 16.0 Å². The summed E-state index contributed by atoms with van der Waals surface area (Å²) < 4.78 is 39.5. The molecule has 0 radical (unpaired) electrons. The largest absolute Gasteiger partial charge is 0.665 e. The van der Waals surface area contributed by atoms with Crippen molar-refractivity contribution in [3.8, 4) is 0 Å². The van der Waals surface area contributed by atoms with Gasteiger partial charge in [-0.15, -0.1) is 6.54 Å². The first-order valence-electron chi connectivity index (χ1n) is 8.30. The molecule has 1 aliphatic rings. The summed E-state index contributed by atoms with van der Waals surface area (Å²) in [4.78, 5) is 19.2. The quantitative estimate of drug-likeness (QED) is 0.640. The fourth-order valence-electron chi connectivity index (χ4n) is 2.66. The maximum Gasteiger partial charge on any atom is 0.421 e. The van der Waals surface area contributed by atoms with E-state index in [0.717, 1.165) is 17.4 Å². The number of amides is 1. The second kappa shape index (κ2) is 7.78. The molecular weight excluding hydrogens is 361 g/mol. The summed E-state index contributed by atoms with van der Waals surface area (Å²) in [7, 11) is 1.65. The van der Waals surface area contributed by atoms with Gasteiger partial charge in [0.1, 0.15) is 11.4 Å². The molecule has 0 aliphatic carbocycles. The molecule has 0 saturated carbocycles. The third-order valence-corrected chi connectivity index (χ3v) is 3.93. The highest BCUT2D eigenvalue weighted by Crippen LogP contribution is 2.34. The van der Waals surface area contributed by atoms with Gasteiger partial charge in [0.2, 0.25) is 11.9 Å². The van der Waals surface area contributed by atoms with Gasteiger partial charge in [-0.2, -0.15) is 25.2 Å². The number of hydrogen-bond acceptors (Lipinski definition) is 5. The van der Waals surface area contributed by atoms with Crippen LogP contribution >= 0.6 is 0 Å². The summed E-state index contributed by atoms with van der Waals surface area (Å²) in [6, 6.07) is 5.16. The molecule has 0 atom stereocenters. The summed E-state index contributed by atoms with van der Waals surface area (Å²) >= 11 is 0. The monoisotopic (exact) mass is 379 g/mol. The molecule has 10 heteroatoms. The predicted molar refractivity (Wildman–Crippen MR) is 96.3 cm³/mol. The van der Waals surface area contributed by atoms with E-state index in [2.05, 4.69) is 31.2 Å². The first-order chi connectivity index (χ1) is 12.9. The average molecular weight is 379 g/mol. The minimum Gasteiger partial charge on any atom is -0.665 e. The lowest BCUT2D eigenvalue weighted by molar-refractivity contribution is -0.137. The third kappa shape index (κ3) is 4.64. The first kappa shape index (κ1) is 18.9. The van der Waals surface area contributed by atoms with Crippen LogP contribution in [-0.2, 0) is 17.4 Å². The van der Waals surface area contributed by atoms with E-state index in [0.29, 0.717) is 25.2 Å². The number of hydrogen-bond donors (Lipinski definition) is 3. The number of halogens is 3. The smallest absolute Gasteiger partial charge is 0.421 e. The molecule has 1 aromatic carbocycles. The van der Waals surface area contributed by atoms with Gasteiger partial charge in [0, 0.05) is 24.1 Å². The maximum atomic E-state index is 13.2. The van der Waals surface area contributed by atoms with Crippen LogP contribution in [-0.4, -0.2) is 36.0 Å². The molecule has 3 rings (SSSR count). The van der Waals surface area contributed by atoms with Crippen LogP contribution in [0.15, 0.2) is 24.4 Å². The van der Waals surface area contributed by atoms with Crippen molar-refractivity contribution in [1.82, 2.24) is 9.97 Å². The predicted octanol–water partition coefficient (Wildman–Crippen LogP) is 3.54. The molecule has 0 fully saturated rings. The second-order valence-corrected chi connectivity index (χ2v) is 6.00. The van der Waals surface area contributed by atoms with Crippen LogP contribution in [0.25, 0.3) is 5.32 Å². The van der Waals surface area contributed by atoms with E-state index >= 15 is 0 Å². The fourth-order valence-corrected chi connectivity index (χ4v) is 2.66. The molecule has 1 aliphatic heterocycles. The highest BCUT2D eigenvalue weighted by molar-refractivity contribution is 5.99. The van der Waals surface area contributed by atoms with Crippen LogP contribution in [0.1, 0.15) is 17.5 Å². The minimum absolute atomic E-state index is 0.0305. The molecule has 0 spiro atoms. The van der Waals surface area contributed by atoms with Crippen molar-refractivity contribution in [2.24, 2.45) is 0 Å². The molecule has 0 unspecified atom stereocenters. The minimum atomic E-state index is -4.56. The molecule has 27 heavy (non-hydrogen) atoms. The number of alkyl halides is 3. The van der Waals surface area contributed by atoms with Gasteiger partial charge in [0.25, 0.3) is 0 Å². The number of fused-ring (bicyclic) bond motifs is 1. The zero-order valence-corrected chi connectivity index (χ0v) is 14.5. The van der Waals surface area contributed by atoms with Crippen molar-refractivity contribution in [2.75, 3.05) is 36.1 Å². The molecule has 0 saturated heterocycles. The van der Waals surface area contributed by atoms with Crippen molar-refractivity contribution in [3.05, 3.63) is 40.8 Å². The Bertz CT molecular complexity index is 840. The standard InChI is InChI=1S/C17H18F3N6O/c1-21-5-2-6-22-15-12(17(18,19)20)9-23-16(26-15)24-11-3-4-13-10(7-11)8-14(27)25-13/h3-4,7,9H,2,5-6,8H2,1H3,(H,25,27)(H2,22,23,24,26)/q-1. The van der Waals surface area contributed by atoms with Crippen LogP contribution in [0.4, 0.5) is 36.3 Å². The van der Waals surface area contributed by atoms with Crippen molar-refractivity contribution >= 4 is 29.0 Å². The number of aromatic nitrogens is 2. The van der Waals surface area contributed by atoms with Gasteiger partial charge in [-0.05, 0) is 23.8 Å². The lowest BCUT2D eigenvalue weighted by Crippen LogP contribution is -2.15. The molecule has 144 valence electrons. The molecule has 2 aromatic rings. The molecule has 1 amide bonds. The number of nitrogens with one attached hydrogen (secondary N) is 3. The molecule has 7 nitrogen and oxygen atoms in total. The van der Waals surface area contributed by atoms with E-state index in [1.165, 1.54) is 0 Å². The van der Waals surface area contributed by atoms with E-state index in [-0.39, 0.29) is 24.1 Å². The Balaban J connectivity index is 1.79. The number of carbonyl (C=O) groups is 1. The van der Waals surface area contributed by atoms with Crippen molar-refractivity contribution < 1.29 is 18.0 Å². The van der Waals surface area contributed by atoms with Crippen molar-refractivity contribution in [3.63, 3.8) is 0 Å². The Morgan fingerprint density at radius 2 is 2.15 bits per heavy atom. The van der Waals surface area contributed by atoms with Gasteiger partial charge >= 0.3 is 6.18 Å². The second-order valence-electron chi connectivity index (χ2n) is 6.00. The van der Waals surface area contributed by atoms with Gasteiger partial charge in [-0.3, -0.25) is 4.79 Å². The zero-order valence-electron chi connectivity index (χ0n) is 14.5. The Labute approximate surface area is 153 Å². The molecule has 0 bridgehead atoms. The van der Waals surface area contributed by atoms with Crippen LogP contribution in [0.2, 0.25) is 0 Å². The first-order valence-corrected chi connectivity index (χ1v) is 8.30. The highest BCUT2D eigenvalue weighted by Gasteiger charge is 2.35. The molecule has 3 N–H and O–H groups in total. The normalized spacial score (nSPS) is 13.3. The maximum absolute atomic E-state index is 13.2. The van der Waals surface area contributed by atoms with Crippen LogP contribution in [0, 0.1) is 0 Å². The summed E-state index contributed by atoms with van der Waals surface area (Å²) in [5.41, 5.74) is 1.19. The van der Waals surface area contributed by atoms with E-state index in [9.17, 15) is 18.0 Å². The SMILES string of the molecule is C[N-]CCCNc1nc(Nc2ccc3c(c2)CC(=O)N3)ncc1C(F)(F)F. The number of anilines is 4. The average Bonchev–Trinajstić information content (AvgIpc) is 2.97. The molecule has 1 aromatic heterocycles. The zero-order chi connectivity index (χ0) is 19.4. The lowest BCUT2D eigenvalue weighted by Gasteiger charge is -2.16. The van der Waals surface area contributed by atoms with Crippen LogP contribution in [0.5, 0.6) is 0 Å². The Morgan fingerprint density at radius 3 is 2.89 bits per heavy atom. The molecular formula is C17H18F3N6O-. The van der Waals surface area contributed by atoms with Gasteiger partial charge in [-0.25, -0.2) is 4.98 Å². The summed E-state index contributed by atoms with van der Waals surface area (Å²) in [6.45, 7) is 0.857. The number of carbonyl (C=O) groups excluding carboxylic acids is 1. The van der Waals surface area contributed by atoms with E-state index < -0.39 is 11.7 Å². The third-order valence-electron chi connectivity index (χ3n) is 3.93. The lowest BCUT2D eigenvalue weighted by atomic mass is 10.1. The van der Waals surface area contributed by atoms with E-state index in [1.54, 1.807) is 25.2 Å². The van der Waals surface area contributed by atoms with E-state index in [1.807, 2.05) is 0 Å². The number of rotatable bonds is 7. The fraction of sp³-hybridized carbons (Fsp3) is 0.353. The number of nitrogens with zero attached hydrogens (tertiary/aromatic N) is 3. The van der Waals surface area contributed by atoms with E-state index in [4.69, 9.17) is 0 Å². The highest BCUT2D eigenvalue weighted by atomic mass is 19.4. The summed E-state index contributed by atoms with van der Waals surface area (Å²) in [6.07, 6.45) is -2.96. The number of benzene rings is 1. The van der Waals surface area contributed by atoms with Gasteiger partial charge < -0.3 is 21.3 Å². The topological polar surface area (TPSA) is 93.0 Å². The van der Waals surface area contributed by atoms with Crippen molar-refractivity contribution in [2.45, 2.75) is 19.0 Å². The van der Waals surface area contributed by atoms with Gasteiger partial charge in [0.15, 0.2) is 0 Å². The van der Waals surface area contributed by atoms with Gasteiger partial charge in [0.05, 0.1) is 6.42 Å². The Hall–Kier alpha value is -2.88. The Morgan fingerprint density at radius 1 is 1.33 bits per heavy atom. The van der Waals surface area contributed by atoms with Crippen molar-refractivity contribution in [1.29, 1.82) is 0 Å². The van der Waals surface area contributed by atoms with Crippen LogP contribution in [0.3, 0.4) is 0 Å².